The maximum atomic E-state index is 11.8. The summed E-state index contributed by atoms with van der Waals surface area (Å²) in [5.74, 6) is -0.268. The monoisotopic (exact) mass is 306 g/mol. The summed E-state index contributed by atoms with van der Waals surface area (Å²) in [5.41, 5.74) is 2.28. The van der Waals surface area contributed by atoms with Gasteiger partial charge in [0.2, 0.25) is 0 Å². The third-order valence-corrected chi connectivity index (χ3v) is 4.10. The van der Waals surface area contributed by atoms with Crippen LogP contribution in [0.2, 0.25) is 0 Å². The predicted molar refractivity (Wildman–Crippen MR) is 91.4 cm³/mol. The van der Waals surface area contributed by atoms with E-state index in [2.05, 4.69) is 11.0 Å². The second-order valence-corrected chi connectivity index (χ2v) is 5.85. The Kier molecular flexibility index (Phi) is 6.08. The van der Waals surface area contributed by atoms with Gasteiger partial charge in [0.1, 0.15) is 11.8 Å². The molecule has 0 saturated heterocycles. The van der Waals surface area contributed by atoms with E-state index >= 15 is 0 Å². The zero-order valence-electron chi connectivity index (χ0n) is 13.6. The second kappa shape index (κ2) is 8.26. The van der Waals surface area contributed by atoms with Gasteiger partial charge in [0.15, 0.2) is 0 Å². The summed E-state index contributed by atoms with van der Waals surface area (Å²) in [7, 11) is 0. The van der Waals surface area contributed by atoms with Crippen LogP contribution in [0.4, 0.5) is 0 Å². The summed E-state index contributed by atoms with van der Waals surface area (Å²) in [6.45, 7) is 4.68. The van der Waals surface area contributed by atoms with E-state index < -0.39 is 6.04 Å². The summed E-state index contributed by atoms with van der Waals surface area (Å²) in [5, 5.41) is 9.63. The normalized spacial score (nSPS) is 13.3. The maximum Gasteiger partial charge on any atom is 0.135 e. The first-order valence-electron chi connectivity index (χ1n) is 7.83. The van der Waals surface area contributed by atoms with Crippen LogP contribution in [0.5, 0.6) is 0 Å². The van der Waals surface area contributed by atoms with Crippen LogP contribution < -0.4 is 0 Å². The highest BCUT2D eigenvalue weighted by Gasteiger charge is 2.27. The second-order valence-electron chi connectivity index (χ2n) is 5.85. The summed E-state index contributed by atoms with van der Waals surface area (Å²) in [6, 6.07) is 22.0. The van der Waals surface area contributed by atoms with Crippen molar-refractivity contribution < 1.29 is 4.79 Å². The molecular weight excluding hydrogens is 284 g/mol. The molecule has 0 spiro atoms. The number of ketones is 1. The van der Waals surface area contributed by atoms with Gasteiger partial charge in [0, 0.05) is 19.0 Å². The Morgan fingerprint density at radius 3 is 1.78 bits per heavy atom. The van der Waals surface area contributed by atoms with Gasteiger partial charge >= 0.3 is 0 Å². The van der Waals surface area contributed by atoms with E-state index in [9.17, 15) is 10.1 Å². The highest BCUT2D eigenvalue weighted by atomic mass is 16.1. The summed E-state index contributed by atoms with van der Waals surface area (Å²) < 4.78 is 0. The molecule has 3 nitrogen and oxygen atoms in total. The fourth-order valence-electron chi connectivity index (χ4n) is 2.62. The summed E-state index contributed by atoms with van der Waals surface area (Å²) >= 11 is 0. The van der Waals surface area contributed by atoms with Crippen molar-refractivity contribution in [1.29, 1.82) is 5.26 Å². The SMILES string of the molecule is CC(=O)C(C)C(C#N)N(Cc1ccccc1)Cc1ccccc1. The number of rotatable bonds is 7. The molecule has 2 aromatic rings. The number of Topliss-reactive ketones (excluding diaryl/α,β-unsaturated/α-hetero) is 1. The maximum absolute atomic E-state index is 11.8. The highest BCUT2D eigenvalue weighted by Crippen LogP contribution is 2.19. The summed E-state index contributed by atoms with van der Waals surface area (Å²) in [4.78, 5) is 13.9. The first-order chi connectivity index (χ1) is 11.1. The van der Waals surface area contributed by atoms with E-state index in [1.165, 1.54) is 0 Å². The lowest BCUT2D eigenvalue weighted by atomic mass is 9.96. The number of nitrogens with zero attached hydrogens (tertiary/aromatic N) is 2. The molecule has 2 unspecified atom stereocenters. The van der Waals surface area contributed by atoms with Crippen molar-refractivity contribution >= 4 is 5.78 Å². The van der Waals surface area contributed by atoms with Gasteiger partial charge in [-0.15, -0.1) is 0 Å². The van der Waals surface area contributed by atoms with Crippen molar-refractivity contribution in [1.82, 2.24) is 4.90 Å². The number of nitriles is 1. The van der Waals surface area contributed by atoms with Gasteiger partial charge in [0.25, 0.3) is 0 Å². The van der Waals surface area contributed by atoms with Crippen molar-refractivity contribution in [2.45, 2.75) is 33.0 Å². The van der Waals surface area contributed by atoms with Crippen molar-refractivity contribution in [3.8, 4) is 6.07 Å². The summed E-state index contributed by atoms with van der Waals surface area (Å²) in [6.07, 6.45) is 0. The number of hydrogen-bond donors (Lipinski definition) is 0. The largest absolute Gasteiger partial charge is 0.300 e. The molecule has 0 radical (unpaired) electrons. The zero-order valence-corrected chi connectivity index (χ0v) is 13.6. The quantitative estimate of drug-likeness (QED) is 0.781. The molecule has 3 heteroatoms. The van der Waals surface area contributed by atoms with Crippen molar-refractivity contribution in [3.63, 3.8) is 0 Å². The fourth-order valence-corrected chi connectivity index (χ4v) is 2.62. The average molecular weight is 306 g/mol. The smallest absolute Gasteiger partial charge is 0.135 e. The van der Waals surface area contributed by atoms with Crippen LogP contribution in [0.15, 0.2) is 60.7 Å². The fraction of sp³-hybridized carbons (Fsp3) is 0.300. The highest BCUT2D eigenvalue weighted by molar-refractivity contribution is 5.79. The molecule has 0 aliphatic heterocycles. The molecule has 118 valence electrons. The molecule has 0 amide bonds. The minimum Gasteiger partial charge on any atom is -0.300 e. The zero-order chi connectivity index (χ0) is 16.7. The van der Waals surface area contributed by atoms with Crippen LogP contribution in [0.3, 0.4) is 0 Å². The van der Waals surface area contributed by atoms with Crippen molar-refractivity contribution in [2.24, 2.45) is 5.92 Å². The van der Waals surface area contributed by atoms with E-state index in [4.69, 9.17) is 0 Å². The topological polar surface area (TPSA) is 44.1 Å². The Hall–Kier alpha value is -2.44. The number of carbonyl (C=O) groups is 1. The van der Waals surface area contributed by atoms with E-state index in [1.54, 1.807) is 6.92 Å². The Morgan fingerprint density at radius 2 is 1.43 bits per heavy atom. The molecule has 23 heavy (non-hydrogen) atoms. The van der Waals surface area contributed by atoms with Gasteiger partial charge in [-0.3, -0.25) is 9.69 Å². The number of benzene rings is 2. The van der Waals surface area contributed by atoms with Crippen LogP contribution in [0.1, 0.15) is 25.0 Å². The third-order valence-electron chi connectivity index (χ3n) is 4.10. The molecule has 0 aliphatic carbocycles. The standard InChI is InChI=1S/C20H22N2O/c1-16(17(2)23)20(13-21)22(14-18-9-5-3-6-10-18)15-19-11-7-4-8-12-19/h3-12,16,20H,14-15H2,1-2H3. The van der Waals surface area contributed by atoms with Crippen LogP contribution in [0, 0.1) is 17.2 Å². The van der Waals surface area contributed by atoms with Crippen molar-refractivity contribution in [2.75, 3.05) is 0 Å². The Balaban J connectivity index is 2.26. The predicted octanol–water partition coefficient (Wildman–Crippen LogP) is 3.81. The molecule has 2 aromatic carbocycles. The Labute approximate surface area is 138 Å². The van der Waals surface area contributed by atoms with Crippen LogP contribution in [-0.4, -0.2) is 16.7 Å². The number of hydrogen-bond acceptors (Lipinski definition) is 3. The molecule has 0 saturated carbocycles. The Bertz CT molecular complexity index is 620. The first kappa shape index (κ1) is 16.9. The molecular formula is C20H22N2O. The van der Waals surface area contributed by atoms with E-state index in [0.29, 0.717) is 13.1 Å². The lowest BCUT2D eigenvalue weighted by Crippen LogP contribution is -2.40. The lowest BCUT2D eigenvalue weighted by molar-refractivity contribution is -0.121. The van der Waals surface area contributed by atoms with Gasteiger partial charge in [-0.25, -0.2) is 0 Å². The van der Waals surface area contributed by atoms with Crippen molar-refractivity contribution in [3.05, 3.63) is 71.8 Å². The first-order valence-corrected chi connectivity index (χ1v) is 7.83. The van der Waals surface area contributed by atoms with Gasteiger partial charge in [-0.1, -0.05) is 67.6 Å². The molecule has 2 rings (SSSR count). The van der Waals surface area contributed by atoms with Gasteiger partial charge in [0.05, 0.1) is 6.07 Å². The van der Waals surface area contributed by atoms with Crippen LogP contribution >= 0.6 is 0 Å². The molecule has 0 aromatic heterocycles. The van der Waals surface area contributed by atoms with E-state index in [-0.39, 0.29) is 11.7 Å². The molecule has 0 heterocycles. The third kappa shape index (κ3) is 4.77. The minimum absolute atomic E-state index is 0.0441. The lowest BCUT2D eigenvalue weighted by Gasteiger charge is -2.30. The van der Waals surface area contributed by atoms with Crippen LogP contribution in [-0.2, 0) is 17.9 Å². The minimum atomic E-state index is -0.437. The van der Waals surface area contributed by atoms with E-state index in [1.807, 2.05) is 67.6 Å². The van der Waals surface area contributed by atoms with Gasteiger partial charge < -0.3 is 0 Å². The van der Waals surface area contributed by atoms with Crippen LogP contribution in [0.25, 0.3) is 0 Å². The Morgan fingerprint density at radius 1 is 1.00 bits per heavy atom. The van der Waals surface area contributed by atoms with Gasteiger partial charge in [-0.05, 0) is 18.1 Å². The van der Waals surface area contributed by atoms with Gasteiger partial charge in [-0.2, -0.15) is 5.26 Å². The average Bonchev–Trinajstić information content (AvgIpc) is 2.57. The molecule has 2 atom stereocenters. The molecule has 0 fully saturated rings. The molecule has 0 aliphatic rings. The molecule has 0 N–H and O–H groups in total. The molecule has 0 bridgehead atoms. The number of carbonyl (C=O) groups excluding carboxylic acids is 1. The van der Waals surface area contributed by atoms with E-state index in [0.717, 1.165) is 11.1 Å².